The summed E-state index contributed by atoms with van der Waals surface area (Å²) in [5.74, 6) is -1.75. The van der Waals surface area contributed by atoms with Crippen molar-refractivity contribution < 1.29 is 14.4 Å². The van der Waals surface area contributed by atoms with Gasteiger partial charge in [-0.1, -0.05) is 11.6 Å². The Bertz CT molecular complexity index is 921. The molecular formula is C18H22Cl2N6O3S. The number of nitrogens with zero attached hydrogens (tertiary/aromatic N) is 3. The fourth-order valence-corrected chi connectivity index (χ4v) is 3.92. The number of carbonyl (C=O) groups is 3. The van der Waals surface area contributed by atoms with Crippen LogP contribution in [0.15, 0.2) is 18.3 Å². The van der Waals surface area contributed by atoms with E-state index in [1.165, 1.54) is 23.6 Å². The summed E-state index contributed by atoms with van der Waals surface area (Å²) in [5, 5.41) is 8.48. The summed E-state index contributed by atoms with van der Waals surface area (Å²) < 4.78 is 0. The zero-order valence-electron chi connectivity index (χ0n) is 16.4. The van der Waals surface area contributed by atoms with E-state index in [1.54, 1.807) is 13.0 Å². The van der Waals surface area contributed by atoms with Gasteiger partial charge >= 0.3 is 11.8 Å². The van der Waals surface area contributed by atoms with Crippen LogP contribution >= 0.6 is 35.3 Å². The van der Waals surface area contributed by atoms with Gasteiger partial charge in [-0.25, -0.2) is 9.97 Å². The van der Waals surface area contributed by atoms with Crippen LogP contribution in [0.25, 0.3) is 0 Å². The summed E-state index contributed by atoms with van der Waals surface area (Å²) in [4.78, 5) is 47.9. The Morgan fingerprint density at radius 2 is 2.07 bits per heavy atom. The van der Waals surface area contributed by atoms with Crippen molar-refractivity contribution in [1.29, 1.82) is 0 Å². The molecule has 1 aliphatic rings. The van der Waals surface area contributed by atoms with Gasteiger partial charge in [0.2, 0.25) is 0 Å². The normalized spacial score (nSPS) is 14.1. The van der Waals surface area contributed by atoms with Gasteiger partial charge in [0, 0.05) is 43.2 Å². The standard InChI is InChI=1S/C18H21ClN6O3S.ClH/c1-10(22-15(26)16(27)24-14-4-3-11(19)8-20-14)7-21-17(28)18-23-12-5-6-25(2)9-13(12)29-18;/h3-4,8,10H,5-7,9H2,1-2H3,(H,21,28)(H,22,26)(H,20,24,27);1H. The Morgan fingerprint density at radius 3 is 2.77 bits per heavy atom. The van der Waals surface area contributed by atoms with E-state index in [0.29, 0.717) is 10.0 Å². The van der Waals surface area contributed by atoms with Crippen molar-refractivity contribution in [3.8, 4) is 0 Å². The molecule has 162 valence electrons. The van der Waals surface area contributed by atoms with Crippen molar-refractivity contribution in [2.75, 3.05) is 25.5 Å². The van der Waals surface area contributed by atoms with E-state index in [1.807, 2.05) is 7.05 Å². The average molecular weight is 473 g/mol. The summed E-state index contributed by atoms with van der Waals surface area (Å²) in [6, 6.07) is 2.59. The van der Waals surface area contributed by atoms with Crippen LogP contribution in [0.1, 0.15) is 27.3 Å². The second-order valence-corrected chi connectivity index (χ2v) is 8.30. The quantitative estimate of drug-likeness (QED) is 0.567. The molecule has 3 N–H and O–H groups in total. The summed E-state index contributed by atoms with van der Waals surface area (Å²) in [6.45, 7) is 3.58. The number of carbonyl (C=O) groups excluding carboxylic acids is 3. The van der Waals surface area contributed by atoms with E-state index < -0.39 is 17.9 Å². The number of anilines is 1. The highest BCUT2D eigenvalue weighted by Crippen LogP contribution is 2.24. The topological polar surface area (TPSA) is 116 Å². The number of likely N-dealkylation sites (N-methyl/N-ethyl adjacent to an activating group) is 1. The first-order valence-corrected chi connectivity index (χ1v) is 10.2. The van der Waals surface area contributed by atoms with Gasteiger partial charge in [-0.15, -0.1) is 23.7 Å². The monoisotopic (exact) mass is 472 g/mol. The Hall–Kier alpha value is -2.27. The number of aromatic nitrogens is 2. The van der Waals surface area contributed by atoms with Crippen LogP contribution < -0.4 is 16.0 Å². The molecule has 1 unspecified atom stereocenters. The fraction of sp³-hybridized carbons (Fsp3) is 0.389. The minimum absolute atomic E-state index is 0. The number of pyridine rings is 1. The number of thiazole rings is 1. The molecule has 12 heteroatoms. The molecule has 2 aromatic heterocycles. The lowest BCUT2D eigenvalue weighted by molar-refractivity contribution is -0.136. The maximum atomic E-state index is 12.3. The lowest BCUT2D eigenvalue weighted by atomic mass is 10.2. The van der Waals surface area contributed by atoms with Crippen LogP contribution in [-0.4, -0.2) is 58.8 Å². The number of hydrogen-bond donors (Lipinski definition) is 3. The minimum atomic E-state index is -0.852. The van der Waals surface area contributed by atoms with Crippen molar-refractivity contribution in [2.45, 2.75) is 25.9 Å². The highest BCUT2D eigenvalue weighted by atomic mass is 35.5. The smallest absolute Gasteiger partial charge is 0.314 e. The van der Waals surface area contributed by atoms with Gasteiger partial charge in [0.25, 0.3) is 5.91 Å². The third kappa shape index (κ3) is 6.36. The summed E-state index contributed by atoms with van der Waals surface area (Å²) in [5.41, 5.74) is 0.979. The molecule has 0 bridgehead atoms. The molecule has 3 amide bonds. The van der Waals surface area contributed by atoms with Gasteiger partial charge in [-0.2, -0.15) is 0 Å². The van der Waals surface area contributed by atoms with Gasteiger partial charge in [0.15, 0.2) is 5.01 Å². The predicted molar refractivity (Wildman–Crippen MR) is 117 cm³/mol. The molecule has 0 fully saturated rings. The molecule has 0 spiro atoms. The van der Waals surface area contributed by atoms with Gasteiger partial charge < -0.3 is 20.9 Å². The lowest BCUT2D eigenvalue weighted by Crippen LogP contribution is -2.45. The van der Waals surface area contributed by atoms with Crippen LogP contribution in [0.2, 0.25) is 5.02 Å². The second-order valence-electron chi connectivity index (χ2n) is 6.78. The fourth-order valence-electron chi connectivity index (χ4n) is 2.70. The summed E-state index contributed by atoms with van der Waals surface area (Å²) in [6.07, 6.45) is 2.20. The van der Waals surface area contributed by atoms with Gasteiger partial charge in [0.1, 0.15) is 5.82 Å². The molecule has 0 saturated heterocycles. The van der Waals surface area contributed by atoms with Crippen LogP contribution in [0.4, 0.5) is 5.82 Å². The van der Waals surface area contributed by atoms with E-state index in [2.05, 4.69) is 30.8 Å². The maximum absolute atomic E-state index is 12.3. The summed E-state index contributed by atoms with van der Waals surface area (Å²) in [7, 11) is 2.03. The van der Waals surface area contributed by atoms with Crippen LogP contribution in [0.3, 0.4) is 0 Å². The number of hydrogen-bond acceptors (Lipinski definition) is 7. The van der Waals surface area contributed by atoms with Crippen molar-refractivity contribution in [2.24, 2.45) is 0 Å². The van der Waals surface area contributed by atoms with Crippen molar-refractivity contribution in [1.82, 2.24) is 25.5 Å². The third-order valence-electron chi connectivity index (χ3n) is 4.24. The first kappa shape index (κ1) is 24.0. The Labute approximate surface area is 189 Å². The van der Waals surface area contributed by atoms with Gasteiger partial charge in [0.05, 0.1) is 10.7 Å². The Kier molecular flexibility index (Phi) is 8.54. The number of fused-ring (bicyclic) bond motifs is 1. The number of amides is 3. The molecule has 0 saturated carbocycles. The molecule has 0 radical (unpaired) electrons. The van der Waals surface area contributed by atoms with Gasteiger partial charge in [-0.3, -0.25) is 14.4 Å². The molecule has 1 aliphatic heterocycles. The number of halogens is 2. The highest BCUT2D eigenvalue weighted by molar-refractivity contribution is 7.13. The first-order valence-electron chi connectivity index (χ1n) is 9.00. The van der Waals surface area contributed by atoms with E-state index in [4.69, 9.17) is 11.6 Å². The van der Waals surface area contributed by atoms with Crippen molar-refractivity contribution >= 4 is 58.9 Å². The SMILES string of the molecule is CC(CNC(=O)c1nc2c(s1)CN(C)CC2)NC(=O)C(=O)Nc1ccc(Cl)cn1.Cl. The third-order valence-corrected chi connectivity index (χ3v) is 5.54. The van der Waals surface area contributed by atoms with E-state index in [9.17, 15) is 14.4 Å². The average Bonchev–Trinajstić information content (AvgIpc) is 3.11. The highest BCUT2D eigenvalue weighted by Gasteiger charge is 2.22. The molecular weight excluding hydrogens is 451 g/mol. The van der Waals surface area contributed by atoms with E-state index in [0.717, 1.165) is 30.1 Å². The van der Waals surface area contributed by atoms with Crippen molar-refractivity contribution in [3.05, 3.63) is 38.9 Å². The molecule has 1 atom stereocenters. The van der Waals surface area contributed by atoms with Crippen LogP contribution in [0, 0.1) is 0 Å². The Balaban J connectivity index is 0.00000320. The lowest BCUT2D eigenvalue weighted by Gasteiger charge is -2.20. The maximum Gasteiger partial charge on any atom is 0.314 e. The number of nitrogens with one attached hydrogen (secondary N) is 3. The molecule has 3 rings (SSSR count). The molecule has 0 aliphatic carbocycles. The van der Waals surface area contributed by atoms with Crippen LogP contribution in [0.5, 0.6) is 0 Å². The predicted octanol–water partition coefficient (Wildman–Crippen LogP) is 1.47. The van der Waals surface area contributed by atoms with E-state index in [-0.39, 0.29) is 30.7 Å². The van der Waals surface area contributed by atoms with Gasteiger partial charge in [-0.05, 0) is 26.1 Å². The first-order chi connectivity index (χ1) is 13.8. The Morgan fingerprint density at radius 1 is 1.30 bits per heavy atom. The zero-order valence-corrected chi connectivity index (χ0v) is 18.8. The molecule has 3 heterocycles. The zero-order chi connectivity index (χ0) is 21.0. The second kappa shape index (κ2) is 10.7. The van der Waals surface area contributed by atoms with E-state index >= 15 is 0 Å². The summed E-state index contributed by atoms with van der Waals surface area (Å²) >= 11 is 7.11. The minimum Gasteiger partial charge on any atom is -0.348 e. The number of rotatable bonds is 5. The molecule has 9 nitrogen and oxygen atoms in total. The van der Waals surface area contributed by atoms with Crippen molar-refractivity contribution in [3.63, 3.8) is 0 Å². The largest absolute Gasteiger partial charge is 0.348 e. The molecule has 0 aromatic carbocycles. The molecule has 30 heavy (non-hydrogen) atoms. The molecule has 2 aromatic rings. The van der Waals surface area contributed by atoms with Crippen LogP contribution in [-0.2, 0) is 22.6 Å².